The Balaban J connectivity index is 2.59. The summed E-state index contributed by atoms with van der Waals surface area (Å²) in [6.45, 7) is 5.55. The minimum absolute atomic E-state index is 0.0778. The lowest BCUT2D eigenvalue weighted by Crippen LogP contribution is -2.45. The highest BCUT2D eigenvalue weighted by atomic mass is 79.9. The number of anilines is 1. The maximum absolute atomic E-state index is 11.9. The van der Waals surface area contributed by atoms with Gasteiger partial charge in [-0.25, -0.2) is 0 Å². The Bertz CT molecular complexity index is 495. The van der Waals surface area contributed by atoms with E-state index in [-0.39, 0.29) is 23.9 Å². The SMILES string of the molecule is CC(C)(C)NC(=O)CNC(=O)c1ccc(Br)cc1N. The molecule has 4 N–H and O–H groups in total. The molecule has 0 unspecified atom stereocenters. The Kier molecular flexibility index (Phi) is 4.94. The standard InChI is InChI=1S/C13H18BrN3O2/c1-13(2,3)17-11(18)7-16-12(19)9-5-4-8(14)6-10(9)15/h4-6H,7,15H2,1-3H3,(H,16,19)(H,17,18). The molecule has 1 aromatic carbocycles. The minimum atomic E-state index is -0.367. The van der Waals surface area contributed by atoms with Crippen LogP contribution in [-0.4, -0.2) is 23.9 Å². The first-order valence-electron chi connectivity index (χ1n) is 5.83. The molecular formula is C13H18BrN3O2. The number of nitrogen functional groups attached to an aromatic ring is 1. The van der Waals surface area contributed by atoms with Gasteiger partial charge in [-0.2, -0.15) is 0 Å². The van der Waals surface area contributed by atoms with Crippen LogP contribution in [0.15, 0.2) is 22.7 Å². The van der Waals surface area contributed by atoms with E-state index < -0.39 is 0 Å². The quantitative estimate of drug-likeness (QED) is 0.738. The number of nitrogens with two attached hydrogens (primary N) is 1. The molecule has 0 saturated carbocycles. The predicted octanol–water partition coefficient (Wildman–Crippen LogP) is 1.68. The Morgan fingerprint density at radius 2 is 1.95 bits per heavy atom. The van der Waals surface area contributed by atoms with Crippen molar-refractivity contribution in [3.8, 4) is 0 Å². The van der Waals surface area contributed by atoms with Crippen molar-refractivity contribution in [3.05, 3.63) is 28.2 Å². The number of nitrogens with one attached hydrogen (secondary N) is 2. The molecule has 19 heavy (non-hydrogen) atoms. The Hall–Kier alpha value is -1.56. The van der Waals surface area contributed by atoms with Gasteiger partial charge < -0.3 is 16.4 Å². The summed E-state index contributed by atoms with van der Waals surface area (Å²) in [5.41, 5.74) is 6.14. The molecule has 0 radical (unpaired) electrons. The smallest absolute Gasteiger partial charge is 0.253 e. The number of hydrogen-bond acceptors (Lipinski definition) is 3. The lowest BCUT2D eigenvalue weighted by Gasteiger charge is -2.20. The van der Waals surface area contributed by atoms with E-state index in [1.54, 1.807) is 18.2 Å². The summed E-state index contributed by atoms with van der Waals surface area (Å²) >= 11 is 3.26. The first-order chi connectivity index (χ1) is 8.69. The first-order valence-corrected chi connectivity index (χ1v) is 6.62. The number of amides is 2. The van der Waals surface area contributed by atoms with Crippen molar-refractivity contribution in [2.75, 3.05) is 12.3 Å². The van der Waals surface area contributed by atoms with Crippen LogP contribution in [0, 0.1) is 0 Å². The van der Waals surface area contributed by atoms with Crippen molar-refractivity contribution in [3.63, 3.8) is 0 Å². The summed E-state index contributed by atoms with van der Waals surface area (Å²) in [7, 11) is 0. The van der Waals surface area contributed by atoms with Gasteiger partial charge in [0, 0.05) is 15.7 Å². The van der Waals surface area contributed by atoms with E-state index in [0.29, 0.717) is 11.3 Å². The molecule has 0 heterocycles. The Labute approximate surface area is 121 Å². The van der Waals surface area contributed by atoms with Crippen molar-refractivity contribution in [1.82, 2.24) is 10.6 Å². The monoisotopic (exact) mass is 327 g/mol. The van der Waals surface area contributed by atoms with Gasteiger partial charge in [0.1, 0.15) is 0 Å². The minimum Gasteiger partial charge on any atom is -0.398 e. The fraction of sp³-hybridized carbons (Fsp3) is 0.385. The van der Waals surface area contributed by atoms with Crippen LogP contribution >= 0.6 is 15.9 Å². The molecule has 104 valence electrons. The fourth-order valence-electron chi connectivity index (χ4n) is 1.46. The third-order valence-corrected chi connectivity index (χ3v) is 2.68. The van der Waals surface area contributed by atoms with E-state index in [1.165, 1.54) is 0 Å². The third-order valence-electron chi connectivity index (χ3n) is 2.18. The zero-order chi connectivity index (χ0) is 14.6. The van der Waals surface area contributed by atoms with E-state index in [0.717, 1.165) is 4.47 Å². The highest BCUT2D eigenvalue weighted by Crippen LogP contribution is 2.18. The van der Waals surface area contributed by atoms with Crippen LogP contribution in [0.25, 0.3) is 0 Å². The molecule has 2 amide bonds. The number of hydrogen-bond donors (Lipinski definition) is 3. The fourth-order valence-corrected chi connectivity index (χ4v) is 1.84. The molecule has 1 rings (SSSR count). The summed E-state index contributed by atoms with van der Waals surface area (Å²) in [6.07, 6.45) is 0. The largest absolute Gasteiger partial charge is 0.398 e. The van der Waals surface area contributed by atoms with E-state index in [4.69, 9.17) is 5.73 Å². The van der Waals surface area contributed by atoms with Crippen LogP contribution in [0.4, 0.5) is 5.69 Å². The van der Waals surface area contributed by atoms with Gasteiger partial charge in [0.25, 0.3) is 5.91 Å². The predicted molar refractivity (Wildman–Crippen MR) is 78.8 cm³/mol. The molecule has 5 nitrogen and oxygen atoms in total. The van der Waals surface area contributed by atoms with Crippen LogP contribution in [0.2, 0.25) is 0 Å². The van der Waals surface area contributed by atoms with Crippen LogP contribution in [0.3, 0.4) is 0 Å². The summed E-state index contributed by atoms with van der Waals surface area (Å²) in [6, 6.07) is 4.97. The number of halogens is 1. The molecule has 0 spiro atoms. The van der Waals surface area contributed by atoms with E-state index in [9.17, 15) is 9.59 Å². The van der Waals surface area contributed by atoms with Crippen molar-refractivity contribution in [2.45, 2.75) is 26.3 Å². The molecule has 0 saturated heterocycles. The zero-order valence-electron chi connectivity index (χ0n) is 11.2. The Morgan fingerprint density at radius 3 is 2.47 bits per heavy atom. The van der Waals surface area contributed by atoms with E-state index >= 15 is 0 Å². The van der Waals surface area contributed by atoms with Gasteiger partial charge in [0.2, 0.25) is 5.91 Å². The average molecular weight is 328 g/mol. The van der Waals surface area contributed by atoms with Crippen LogP contribution < -0.4 is 16.4 Å². The normalized spacial score (nSPS) is 10.9. The molecule has 0 aliphatic carbocycles. The van der Waals surface area contributed by atoms with Gasteiger partial charge in [0.15, 0.2) is 0 Å². The second-order valence-electron chi connectivity index (χ2n) is 5.21. The second kappa shape index (κ2) is 6.06. The molecule has 0 aromatic heterocycles. The maximum Gasteiger partial charge on any atom is 0.253 e. The van der Waals surface area contributed by atoms with Gasteiger partial charge in [-0.15, -0.1) is 0 Å². The first kappa shape index (κ1) is 15.5. The summed E-state index contributed by atoms with van der Waals surface area (Å²) in [5, 5.41) is 5.29. The lowest BCUT2D eigenvalue weighted by molar-refractivity contribution is -0.121. The van der Waals surface area contributed by atoms with Gasteiger partial charge in [0.05, 0.1) is 12.1 Å². The summed E-state index contributed by atoms with van der Waals surface area (Å²) < 4.78 is 0.798. The van der Waals surface area contributed by atoms with Crippen molar-refractivity contribution in [1.29, 1.82) is 0 Å². The van der Waals surface area contributed by atoms with Gasteiger partial charge in [-0.05, 0) is 39.0 Å². The molecule has 0 bridgehead atoms. The third kappa shape index (κ3) is 5.30. The highest BCUT2D eigenvalue weighted by Gasteiger charge is 2.15. The molecule has 1 aromatic rings. The molecule has 0 aliphatic heterocycles. The number of carbonyl (C=O) groups excluding carboxylic acids is 2. The molecular weight excluding hydrogens is 310 g/mol. The van der Waals surface area contributed by atoms with Gasteiger partial charge in [-0.3, -0.25) is 9.59 Å². The number of benzene rings is 1. The van der Waals surface area contributed by atoms with Crippen molar-refractivity contribution >= 4 is 33.4 Å². The highest BCUT2D eigenvalue weighted by molar-refractivity contribution is 9.10. The van der Waals surface area contributed by atoms with Crippen LogP contribution in [0.1, 0.15) is 31.1 Å². The Morgan fingerprint density at radius 1 is 1.32 bits per heavy atom. The molecule has 0 aliphatic rings. The number of carbonyl (C=O) groups is 2. The topological polar surface area (TPSA) is 84.2 Å². The van der Waals surface area contributed by atoms with Gasteiger partial charge in [-0.1, -0.05) is 15.9 Å². The average Bonchev–Trinajstić information content (AvgIpc) is 2.23. The van der Waals surface area contributed by atoms with Crippen molar-refractivity contribution in [2.24, 2.45) is 0 Å². The van der Waals surface area contributed by atoms with E-state index in [1.807, 2.05) is 20.8 Å². The van der Waals surface area contributed by atoms with Crippen molar-refractivity contribution < 1.29 is 9.59 Å². The molecule has 6 heteroatoms. The van der Waals surface area contributed by atoms with E-state index in [2.05, 4.69) is 26.6 Å². The molecule has 0 atom stereocenters. The van der Waals surface area contributed by atoms with Gasteiger partial charge >= 0.3 is 0 Å². The lowest BCUT2D eigenvalue weighted by atomic mass is 10.1. The zero-order valence-corrected chi connectivity index (χ0v) is 12.8. The summed E-state index contributed by atoms with van der Waals surface area (Å²) in [5.74, 6) is -0.606. The number of rotatable bonds is 3. The molecule has 0 fully saturated rings. The summed E-state index contributed by atoms with van der Waals surface area (Å²) in [4.78, 5) is 23.4. The second-order valence-corrected chi connectivity index (χ2v) is 6.13. The van der Waals surface area contributed by atoms with Crippen LogP contribution in [-0.2, 0) is 4.79 Å². The van der Waals surface area contributed by atoms with Crippen LogP contribution in [0.5, 0.6) is 0 Å². The maximum atomic E-state index is 11.9.